The van der Waals surface area contributed by atoms with Crippen LogP contribution >= 0.6 is 22.7 Å². The molecule has 6 aromatic rings. The number of fused-ring (bicyclic) bond motifs is 2. The summed E-state index contributed by atoms with van der Waals surface area (Å²) >= 11 is 3.15. The van der Waals surface area contributed by atoms with Crippen LogP contribution in [0.3, 0.4) is 0 Å². The van der Waals surface area contributed by atoms with Crippen LogP contribution in [0.15, 0.2) is 105 Å². The first-order valence-electron chi connectivity index (χ1n) is 17.0. The largest absolute Gasteiger partial charge is 2.00 e. The summed E-state index contributed by atoms with van der Waals surface area (Å²) in [7, 11) is 7.30. The molecule has 0 bridgehead atoms. The Morgan fingerprint density at radius 2 is 0.912 bits per heavy atom. The smallest absolute Gasteiger partial charge is 1.00 e. The molecule has 0 radical (unpaired) electrons. The van der Waals surface area contributed by atoms with Crippen LogP contribution in [0, 0.1) is 0 Å². The van der Waals surface area contributed by atoms with Crippen LogP contribution in [0.25, 0.3) is 20.4 Å². The van der Waals surface area contributed by atoms with Crippen molar-refractivity contribution in [2.75, 3.05) is 63.4 Å². The molecule has 2 N–H and O–H groups in total. The third-order valence-corrected chi connectivity index (χ3v) is 10.6. The molecule has 304 valence electrons. The zero-order chi connectivity index (χ0) is 37.0. The van der Waals surface area contributed by atoms with Gasteiger partial charge in [-0.05, 0) is 120 Å². The number of halogens is 4. The van der Waals surface area contributed by atoms with E-state index in [1.54, 1.807) is 36.9 Å². The first-order valence-corrected chi connectivity index (χ1v) is 18.6. The summed E-state index contributed by atoms with van der Waals surface area (Å²) in [5.41, 5.74) is 5.93. The van der Waals surface area contributed by atoms with E-state index >= 15 is 0 Å². The second-order valence-electron chi connectivity index (χ2n) is 11.6. The summed E-state index contributed by atoms with van der Waals surface area (Å²) in [6, 6.07) is 27.7. The summed E-state index contributed by atoms with van der Waals surface area (Å²) in [4.78, 5) is 4.22. The molecule has 12 nitrogen and oxygen atoms in total. The molecule has 0 aliphatic carbocycles. The number of azo groups is 2. The maximum atomic E-state index is 9.13. The van der Waals surface area contributed by atoms with Gasteiger partial charge in [0, 0.05) is 49.7 Å². The zero-order valence-corrected chi connectivity index (χ0v) is 40.3. The topological polar surface area (TPSA) is 123 Å². The molecule has 57 heavy (non-hydrogen) atoms. The van der Waals surface area contributed by atoms with E-state index in [4.69, 9.17) is 19.7 Å². The van der Waals surface area contributed by atoms with Crippen LogP contribution in [0.1, 0.15) is 13.8 Å². The number of anilines is 2. The number of rotatable bonds is 14. The normalized spacial score (nSPS) is 10.4. The van der Waals surface area contributed by atoms with E-state index in [-0.39, 0.29) is 82.3 Å². The number of aryl methyl sites for hydroxylation is 2. The Morgan fingerprint density at radius 3 is 1.21 bits per heavy atom. The number of hydrogen-bond acceptors (Lipinski definition) is 12. The number of thiazole rings is 2. The average Bonchev–Trinajstić information content (AvgIpc) is 3.68. The zero-order valence-electron chi connectivity index (χ0n) is 32.6. The molecule has 2 heterocycles. The van der Waals surface area contributed by atoms with Crippen molar-refractivity contribution in [3.8, 4) is 11.5 Å². The van der Waals surface area contributed by atoms with Crippen LogP contribution in [-0.4, -0.2) is 63.8 Å². The molecule has 0 aliphatic rings. The van der Waals surface area contributed by atoms with Crippen LogP contribution in [0.5, 0.6) is 11.5 Å². The average molecular weight is 950 g/mol. The van der Waals surface area contributed by atoms with Crippen molar-refractivity contribution in [3.63, 3.8) is 0 Å². The predicted molar refractivity (Wildman–Crippen MR) is 210 cm³/mol. The van der Waals surface area contributed by atoms with Crippen LogP contribution < -0.4 is 78.0 Å². The summed E-state index contributed by atoms with van der Waals surface area (Å²) < 4.78 is 16.8. The van der Waals surface area contributed by atoms with Crippen molar-refractivity contribution in [3.05, 3.63) is 84.9 Å². The number of aromatic nitrogens is 2. The van der Waals surface area contributed by atoms with Gasteiger partial charge in [0.1, 0.15) is 33.9 Å². The van der Waals surface area contributed by atoms with Crippen molar-refractivity contribution in [2.45, 2.75) is 13.8 Å². The SMILES string of the molecule is CCN(CCO)c1ccc(N=Nc2sc3cc(OC)ccc3[n+]2C)cc1.CCN(CCO)c1ccc(N=Nc2sc3cc(OC)ccc3[n+]2C)cc1.[Cl-].[Cl-].[Cl-].[Cl-].[Zn+2]. The van der Waals surface area contributed by atoms with E-state index in [9.17, 15) is 0 Å². The Labute approximate surface area is 379 Å². The van der Waals surface area contributed by atoms with Crippen molar-refractivity contribution < 1.29 is 97.9 Å². The molecule has 0 fully saturated rings. The second kappa shape index (κ2) is 26.7. The third kappa shape index (κ3) is 13.9. The second-order valence-corrected chi connectivity index (χ2v) is 13.6. The molecule has 6 rings (SSSR count). The van der Waals surface area contributed by atoms with E-state index in [2.05, 4.69) is 44.1 Å². The number of benzene rings is 4. The Balaban J connectivity index is 0.00000101. The Kier molecular flexibility index (Phi) is 25.2. The monoisotopic (exact) mass is 946 g/mol. The van der Waals surface area contributed by atoms with E-state index in [0.29, 0.717) is 13.1 Å². The maximum absolute atomic E-state index is 9.13. The van der Waals surface area contributed by atoms with Crippen LogP contribution in [0.4, 0.5) is 33.0 Å². The van der Waals surface area contributed by atoms with Crippen molar-refractivity contribution >= 4 is 76.1 Å². The van der Waals surface area contributed by atoms with Gasteiger partial charge in [-0.3, -0.25) is 0 Å². The summed E-state index contributed by atoms with van der Waals surface area (Å²) in [6.45, 7) is 7.37. The van der Waals surface area contributed by atoms with E-state index in [1.807, 2.05) is 108 Å². The van der Waals surface area contributed by atoms with Gasteiger partial charge in [-0.15, -0.1) is 0 Å². The number of nitrogens with zero attached hydrogens (tertiary/aromatic N) is 8. The van der Waals surface area contributed by atoms with Crippen molar-refractivity contribution in [2.24, 2.45) is 34.6 Å². The molecular weight excluding hydrogens is 904 g/mol. The van der Waals surface area contributed by atoms with Gasteiger partial charge in [-0.2, -0.15) is 0 Å². The number of methoxy groups -OCH3 is 2. The summed E-state index contributed by atoms with van der Waals surface area (Å²) in [5, 5.41) is 37.5. The van der Waals surface area contributed by atoms with Gasteiger partial charge in [0.05, 0.1) is 61.2 Å². The number of likely N-dealkylation sites (N-methyl/N-ethyl adjacent to an activating group) is 2. The summed E-state index contributed by atoms with van der Waals surface area (Å²) in [6.07, 6.45) is 0. The van der Waals surface area contributed by atoms with Gasteiger partial charge in [0.15, 0.2) is 0 Å². The fourth-order valence-electron chi connectivity index (χ4n) is 5.52. The van der Waals surface area contributed by atoms with Crippen LogP contribution in [0.2, 0.25) is 0 Å². The molecular formula is C38H46Cl4N8O4S2Zn. The number of aliphatic hydroxyl groups excluding tert-OH is 2. The molecule has 0 amide bonds. The number of hydrogen-bond donors (Lipinski definition) is 2. The Hall–Kier alpha value is -3.24. The van der Waals surface area contributed by atoms with Gasteiger partial charge >= 0.3 is 29.7 Å². The molecule has 19 heteroatoms. The maximum Gasteiger partial charge on any atom is 2.00 e. The fraction of sp³-hybridized carbons (Fsp3) is 0.316. The van der Waals surface area contributed by atoms with Crippen molar-refractivity contribution in [1.82, 2.24) is 0 Å². The predicted octanol–water partition coefficient (Wildman–Crippen LogP) is -4.05. The number of ether oxygens (including phenoxy) is 2. The molecule has 0 unspecified atom stereocenters. The molecule has 0 spiro atoms. The standard InChI is InChI=1S/2C19H23N4O2S.4ClH.Zn/c2*1-4-23(11-12-24)15-7-5-14(6-8-15)20-21-19-22(2)17-10-9-16(25-3)13-18(17)26-19;;;;;/h2*5-10,13,24H,4,11-12H2,1-3H3;4*1H;/q2*+1;;;;;+2/p-4. The van der Waals surface area contributed by atoms with E-state index < -0.39 is 0 Å². The third-order valence-electron chi connectivity index (χ3n) is 8.47. The Bertz CT molecular complexity index is 1990. The molecule has 0 atom stereocenters. The summed E-state index contributed by atoms with van der Waals surface area (Å²) in [5.74, 6) is 1.67. The van der Waals surface area contributed by atoms with Gasteiger partial charge in [-0.1, -0.05) is 0 Å². The molecule has 0 saturated carbocycles. The number of aliphatic hydroxyl groups is 2. The molecule has 2 aromatic heterocycles. The van der Waals surface area contributed by atoms with Gasteiger partial charge in [-0.25, -0.2) is 9.13 Å². The first kappa shape index (κ1) is 53.8. The minimum Gasteiger partial charge on any atom is -1.00 e. The first-order chi connectivity index (χ1) is 25.3. The van der Waals surface area contributed by atoms with Crippen LogP contribution in [-0.2, 0) is 33.6 Å². The minimum atomic E-state index is 0. The quantitative estimate of drug-likeness (QED) is 0.0653. The fourth-order valence-corrected chi connectivity index (χ4v) is 7.51. The van der Waals surface area contributed by atoms with Gasteiger partial charge in [0.25, 0.3) is 0 Å². The van der Waals surface area contributed by atoms with E-state index in [1.165, 1.54) is 0 Å². The molecule has 0 aliphatic heterocycles. The minimum absolute atomic E-state index is 0. The van der Waals surface area contributed by atoms with Gasteiger partial charge < -0.3 is 79.1 Å². The van der Waals surface area contributed by atoms with E-state index in [0.717, 1.165) is 78.0 Å². The Morgan fingerprint density at radius 1 is 0.561 bits per heavy atom. The molecule has 4 aromatic carbocycles. The van der Waals surface area contributed by atoms with Crippen molar-refractivity contribution in [1.29, 1.82) is 0 Å². The molecule has 0 saturated heterocycles. The van der Waals surface area contributed by atoms with Gasteiger partial charge in [0.2, 0.25) is 0 Å².